The Balaban J connectivity index is 2.09. The number of halogens is 1. The molecule has 3 rings (SSSR count). The fourth-order valence-corrected chi connectivity index (χ4v) is 5.93. The van der Waals surface area contributed by atoms with Crippen molar-refractivity contribution in [3.8, 4) is 11.5 Å². The number of carbonyl (C=O) groups excluding carboxylic acids is 2. The number of rotatable bonds is 14. The van der Waals surface area contributed by atoms with Gasteiger partial charge in [-0.25, -0.2) is 8.42 Å². The van der Waals surface area contributed by atoms with Crippen LogP contribution in [0, 0.1) is 6.92 Å². The van der Waals surface area contributed by atoms with Crippen LogP contribution in [0.25, 0.3) is 0 Å². The smallest absolute Gasteiger partial charge is 0.264 e. The van der Waals surface area contributed by atoms with Crippen LogP contribution in [-0.2, 0) is 26.2 Å². The number of hydrogen-bond acceptors (Lipinski definition) is 6. The summed E-state index contributed by atoms with van der Waals surface area (Å²) in [4.78, 5) is 28.6. The third-order valence-electron chi connectivity index (χ3n) is 6.81. The van der Waals surface area contributed by atoms with E-state index in [9.17, 15) is 18.0 Å². The number of methoxy groups -OCH3 is 2. The SMILES string of the molecule is CCCCNC(=O)[C@@H](C)N(Cc1ccc(Br)cc1)C(=O)CN(c1cc(OC)ccc1OC)S(=O)(=O)c1ccc(C)cc1. The van der Waals surface area contributed by atoms with Gasteiger partial charge in [-0.2, -0.15) is 0 Å². The van der Waals surface area contributed by atoms with Crippen molar-refractivity contribution in [2.75, 3.05) is 31.6 Å². The van der Waals surface area contributed by atoms with Gasteiger partial charge in [0.25, 0.3) is 10.0 Å². The van der Waals surface area contributed by atoms with Gasteiger partial charge in [0.1, 0.15) is 24.1 Å². The molecule has 0 heterocycles. The Morgan fingerprint density at radius 3 is 2.24 bits per heavy atom. The number of hydrogen-bond donors (Lipinski definition) is 1. The highest BCUT2D eigenvalue weighted by Crippen LogP contribution is 2.36. The molecule has 42 heavy (non-hydrogen) atoms. The van der Waals surface area contributed by atoms with Crippen LogP contribution in [0.2, 0.25) is 0 Å². The van der Waals surface area contributed by atoms with Gasteiger partial charge < -0.3 is 19.7 Å². The number of carbonyl (C=O) groups is 2. The highest BCUT2D eigenvalue weighted by atomic mass is 79.9. The molecule has 0 bridgehead atoms. The Hall–Kier alpha value is -3.57. The average molecular weight is 661 g/mol. The molecule has 0 aliphatic heterocycles. The molecule has 0 spiro atoms. The maximum absolute atomic E-state index is 14.1. The number of benzene rings is 3. The molecule has 0 radical (unpaired) electrons. The van der Waals surface area contributed by atoms with E-state index >= 15 is 0 Å². The molecular formula is C31H38BrN3O6S. The van der Waals surface area contributed by atoms with Crippen molar-refractivity contribution in [3.05, 3.63) is 82.3 Å². The molecule has 11 heteroatoms. The number of aryl methyl sites for hydroxylation is 1. The topological polar surface area (TPSA) is 105 Å². The second kappa shape index (κ2) is 15.1. The average Bonchev–Trinajstić information content (AvgIpc) is 2.99. The number of sulfonamides is 1. The maximum Gasteiger partial charge on any atom is 0.264 e. The van der Waals surface area contributed by atoms with Gasteiger partial charge >= 0.3 is 0 Å². The van der Waals surface area contributed by atoms with E-state index in [1.807, 2.05) is 38.1 Å². The Bertz CT molecular complexity index is 1460. The van der Waals surface area contributed by atoms with Crippen LogP contribution >= 0.6 is 15.9 Å². The van der Waals surface area contributed by atoms with Gasteiger partial charge in [-0.05, 0) is 62.2 Å². The standard InChI is InChI=1S/C31H38BrN3O6S/c1-6-7-18-33-31(37)23(3)34(20-24-10-12-25(32)13-11-24)30(36)21-35(28-19-26(40-4)14-17-29(28)41-5)42(38,39)27-15-8-22(2)9-16-27/h8-17,19,23H,6-7,18,20-21H2,1-5H3,(H,33,37)/t23-/m1/s1. The first-order valence-electron chi connectivity index (χ1n) is 13.6. The summed E-state index contributed by atoms with van der Waals surface area (Å²) >= 11 is 3.42. The molecule has 1 N–H and O–H groups in total. The zero-order valence-corrected chi connectivity index (χ0v) is 27.0. The maximum atomic E-state index is 14.1. The lowest BCUT2D eigenvalue weighted by molar-refractivity contribution is -0.139. The summed E-state index contributed by atoms with van der Waals surface area (Å²) < 4.78 is 41.0. The van der Waals surface area contributed by atoms with Gasteiger partial charge in [-0.1, -0.05) is 59.1 Å². The first-order valence-corrected chi connectivity index (χ1v) is 15.9. The monoisotopic (exact) mass is 659 g/mol. The largest absolute Gasteiger partial charge is 0.497 e. The Labute approximate surface area is 257 Å². The summed E-state index contributed by atoms with van der Waals surface area (Å²) in [5, 5.41) is 2.88. The number of nitrogens with zero attached hydrogens (tertiary/aromatic N) is 2. The van der Waals surface area contributed by atoms with Crippen molar-refractivity contribution in [2.45, 2.75) is 51.1 Å². The molecular weight excluding hydrogens is 622 g/mol. The Morgan fingerprint density at radius 2 is 1.64 bits per heavy atom. The lowest BCUT2D eigenvalue weighted by atomic mass is 10.1. The van der Waals surface area contributed by atoms with Crippen molar-refractivity contribution in [1.82, 2.24) is 10.2 Å². The molecule has 0 aliphatic rings. The zero-order chi connectivity index (χ0) is 30.9. The van der Waals surface area contributed by atoms with Gasteiger partial charge in [0.15, 0.2) is 0 Å². The number of ether oxygens (including phenoxy) is 2. The third kappa shape index (κ3) is 8.25. The predicted octanol–water partition coefficient (Wildman–Crippen LogP) is 5.30. The minimum absolute atomic E-state index is 0.00981. The van der Waals surface area contributed by atoms with Crippen molar-refractivity contribution >= 4 is 43.5 Å². The van der Waals surface area contributed by atoms with Crippen LogP contribution in [0.15, 0.2) is 76.1 Å². The molecule has 9 nitrogen and oxygen atoms in total. The van der Waals surface area contributed by atoms with Crippen LogP contribution in [0.4, 0.5) is 5.69 Å². The summed E-state index contributed by atoms with van der Waals surface area (Å²) in [5.74, 6) is -0.251. The quantitative estimate of drug-likeness (QED) is 0.235. The highest BCUT2D eigenvalue weighted by Gasteiger charge is 2.34. The first-order chi connectivity index (χ1) is 20.0. The molecule has 0 saturated carbocycles. The molecule has 0 fully saturated rings. The molecule has 0 unspecified atom stereocenters. The first kappa shape index (κ1) is 32.9. The van der Waals surface area contributed by atoms with E-state index in [4.69, 9.17) is 9.47 Å². The molecule has 226 valence electrons. The highest BCUT2D eigenvalue weighted by molar-refractivity contribution is 9.10. The van der Waals surface area contributed by atoms with Crippen LogP contribution < -0.4 is 19.1 Å². The summed E-state index contributed by atoms with van der Waals surface area (Å²) in [6.07, 6.45) is 1.71. The van der Waals surface area contributed by atoms with E-state index < -0.39 is 28.5 Å². The molecule has 0 aliphatic carbocycles. The molecule has 3 aromatic carbocycles. The minimum Gasteiger partial charge on any atom is -0.497 e. The predicted molar refractivity (Wildman–Crippen MR) is 167 cm³/mol. The molecule has 2 amide bonds. The van der Waals surface area contributed by atoms with E-state index in [0.29, 0.717) is 12.3 Å². The van der Waals surface area contributed by atoms with E-state index in [1.54, 1.807) is 31.2 Å². The van der Waals surface area contributed by atoms with Crippen LogP contribution in [0.3, 0.4) is 0 Å². The third-order valence-corrected chi connectivity index (χ3v) is 9.11. The van der Waals surface area contributed by atoms with E-state index in [-0.39, 0.29) is 28.8 Å². The van der Waals surface area contributed by atoms with Crippen molar-refractivity contribution in [3.63, 3.8) is 0 Å². The summed E-state index contributed by atoms with van der Waals surface area (Å²) in [7, 11) is -1.37. The summed E-state index contributed by atoms with van der Waals surface area (Å²) in [6.45, 7) is 5.52. The van der Waals surface area contributed by atoms with E-state index in [1.165, 1.54) is 37.3 Å². The number of anilines is 1. The molecule has 1 atom stereocenters. The van der Waals surface area contributed by atoms with Gasteiger partial charge in [0.05, 0.1) is 24.8 Å². The van der Waals surface area contributed by atoms with Gasteiger partial charge in [0.2, 0.25) is 11.8 Å². The van der Waals surface area contributed by atoms with Crippen molar-refractivity contribution < 1.29 is 27.5 Å². The van der Waals surface area contributed by atoms with Crippen LogP contribution in [0.1, 0.15) is 37.8 Å². The second-order valence-electron chi connectivity index (χ2n) is 9.83. The van der Waals surface area contributed by atoms with Crippen molar-refractivity contribution in [1.29, 1.82) is 0 Å². The van der Waals surface area contributed by atoms with Gasteiger partial charge in [-0.15, -0.1) is 0 Å². The number of amides is 2. The normalized spacial score (nSPS) is 11.9. The molecule has 0 saturated heterocycles. The lowest BCUT2D eigenvalue weighted by Crippen LogP contribution is -2.51. The van der Waals surface area contributed by atoms with E-state index in [2.05, 4.69) is 21.2 Å². The second-order valence-corrected chi connectivity index (χ2v) is 12.6. The molecule has 0 aromatic heterocycles. The fraction of sp³-hybridized carbons (Fsp3) is 0.355. The molecule has 3 aromatic rings. The minimum atomic E-state index is -4.26. The van der Waals surface area contributed by atoms with Crippen LogP contribution in [0.5, 0.6) is 11.5 Å². The lowest BCUT2D eigenvalue weighted by Gasteiger charge is -2.32. The Morgan fingerprint density at radius 1 is 0.976 bits per heavy atom. The van der Waals surface area contributed by atoms with Crippen molar-refractivity contribution in [2.24, 2.45) is 0 Å². The van der Waals surface area contributed by atoms with Gasteiger partial charge in [0, 0.05) is 23.6 Å². The van der Waals surface area contributed by atoms with Crippen LogP contribution in [-0.4, -0.2) is 58.5 Å². The Kier molecular flexibility index (Phi) is 11.8. The van der Waals surface area contributed by atoms with Gasteiger partial charge in [-0.3, -0.25) is 13.9 Å². The number of nitrogens with one attached hydrogen (secondary N) is 1. The zero-order valence-electron chi connectivity index (χ0n) is 24.6. The summed E-state index contributed by atoms with van der Waals surface area (Å²) in [5.41, 5.74) is 1.81. The number of unbranched alkanes of at least 4 members (excludes halogenated alkanes) is 1. The van der Waals surface area contributed by atoms with E-state index in [0.717, 1.165) is 32.7 Å². The summed E-state index contributed by atoms with van der Waals surface area (Å²) in [6, 6.07) is 17.6. The fourth-order valence-electron chi connectivity index (χ4n) is 4.25.